The Morgan fingerprint density at radius 3 is 2.68 bits per heavy atom. The summed E-state index contributed by atoms with van der Waals surface area (Å²) in [5.41, 5.74) is 0.445. The molecule has 0 bridgehead atoms. The number of hydrogen-bond donors (Lipinski definition) is 0. The number of unbranched alkanes of at least 4 members (excludes halogenated alkanes) is 1. The molecule has 0 aromatic heterocycles. The van der Waals surface area contributed by atoms with Crippen molar-refractivity contribution in [3.05, 3.63) is 35.9 Å². The summed E-state index contributed by atoms with van der Waals surface area (Å²) in [5, 5.41) is 0. The second-order valence-electron chi connectivity index (χ2n) is 4.97. The average Bonchev–Trinajstić information content (AvgIpc) is 3.16. The van der Waals surface area contributed by atoms with E-state index in [4.69, 9.17) is 9.47 Å². The van der Waals surface area contributed by atoms with Crippen LogP contribution in [0.1, 0.15) is 38.7 Å². The van der Waals surface area contributed by atoms with Gasteiger partial charge in [-0.1, -0.05) is 43.7 Å². The largest absolute Gasteiger partial charge is 0.465 e. The molecule has 0 amide bonds. The van der Waals surface area contributed by atoms with Crippen LogP contribution in [0.2, 0.25) is 0 Å². The molecule has 0 saturated heterocycles. The van der Waals surface area contributed by atoms with Crippen LogP contribution in [0.5, 0.6) is 0 Å². The highest BCUT2D eigenvalue weighted by molar-refractivity contribution is 5.88. The number of esters is 1. The van der Waals surface area contributed by atoms with Gasteiger partial charge in [-0.2, -0.15) is 0 Å². The van der Waals surface area contributed by atoms with Crippen molar-refractivity contribution in [2.24, 2.45) is 0 Å². The highest BCUT2D eigenvalue weighted by Crippen LogP contribution is 2.51. The Hall–Kier alpha value is -1.35. The van der Waals surface area contributed by atoms with E-state index in [2.05, 4.69) is 6.92 Å². The molecule has 3 heteroatoms. The van der Waals surface area contributed by atoms with Gasteiger partial charge in [-0.15, -0.1) is 0 Å². The predicted molar refractivity (Wildman–Crippen MR) is 74.0 cm³/mol. The maximum atomic E-state index is 12.3. The molecule has 0 radical (unpaired) electrons. The van der Waals surface area contributed by atoms with E-state index in [0.29, 0.717) is 6.61 Å². The molecule has 0 spiro atoms. The van der Waals surface area contributed by atoms with Crippen molar-refractivity contribution in [1.82, 2.24) is 0 Å². The highest BCUT2D eigenvalue weighted by Gasteiger charge is 2.63. The minimum Gasteiger partial charge on any atom is -0.465 e. The molecule has 0 heterocycles. The van der Waals surface area contributed by atoms with Gasteiger partial charge in [0.05, 0.1) is 12.7 Å². The van der Waals surface area contributed by atoms with Gasteiger partial charge in [-0.25, -0.2) is 0 Å². The number of ether oxygens (including phenoxy) is 2. The SMILES string of the molecule is CCCCO[C@@H]1C[C@]1(C(=O)OCC)c1ccccc1. The van der Waals surface area contributed by atoms with E-state index in [-0.39, 0.29) is 12.1 Å². The van der Waals surface area contributed by atoms with Crippen LogP contribution in [0.3, 0.4) is 0 Å². The van der Waals surface area contributed by atoms with Gasteiger partial charge < -0.3 is 9.47 Å². The smallest absolute Gasteiger partial charge is 0.319 e. The molecular formula is C16H22O3. The van der Waals surface area contributed by atoms with Gasteiger partial charge in [-0.05, 0) is 25.3 Å². The molecule has 1 aliphatic rings. The van der Waals surface area contributed by atoms with Crippen molar-refractivity contribution in [1.29, 1.82) is 0 Å². The van der Waals surface area contributed by atoms with Crippen molar-refractivity contribution >= 4 is 5.97 Å². The molecule has 104 valence electrons. The van der Waals surface area contributed by atoms with Gasteiger partial charge in [0.25, 0.3) is 0 Å². The molecule has 1 aromatic carbocycles. The third-order valence-electron chi connectivity index (χ3n) is 3.64. The Kier molecular flexibility index (Phi) is 4.59. The van der Waals surface area contributed by atoms with Crippen LogP contribution in [0.4, 0.5) is 0 Å². The third kappa shape index (κ3) is 2.81. The normalized spacial score (nSPS) is 25.1. The van der Waals surface area contributed by atoms with Crippen molar-refractivity contribution in [3.63, 3.8) is 0 Å². The summed E-state index contributed by atoms with van der Waals surface area (Å²) in [5.74, 6) is -0.150. The van der Waals surface area contributed by atoms with E-state index >= 15 is 0 Å². The Labute approximate surface area is 114 Å². The molecule has 0 aliphatic heterocycles. The van der Waals surface area contributed by atoms with Gasteiger partial charge >= 0.3 is 5.97 Å². The molecule has 1 fully saturated rings. The van der Waals surface area contributed by atoms with Crippen LogP contribution in [0.15, 0.2) is 30.3 Å². The minimum atomic E-state index is -0.564. The summed E-state index contributed by atoms with van der Waals surface area (Å²) in [4.78, 5) is 12.3. The quantitative estimate of drug-likeness (QED) is 0.559. The van der Waals surface area contributed by atoms with E-state index in [1.165, 1.54) is 0 Å². The number of carbonyl (C=O) groups is 1. The Morgan fingerprint density at radius 1 is 1.32 bits per heavy atom. The number of rotatable bonds is 7. The van der Waals surface area contributed by atoms with Crippen LogP contribution in [0, 0.1) is 0 Å². The van der Waals surface area contributed by atoms with Gasteiger partial charge in [-0.3, -0.25) is 4.79 Å². The zero-order valence-electron chi connectivity index (χ0n) is 11.7. The van der Waals surface area contributed by atoms with E-state index < -0.39 is 5.41 Å². The molecule has 19 heavy (non-hydrogen) atoms. The van der Waals surface area contributed by atoms with Gasteiger partial charge in [0, 0.05) is 6.61 Å². The maximum absolute atomic E-state index is 12.3. The van der Waals surface area contributed by atoms with Crippen LogP contribution in [0.25, 0.3) is 0 Å². The Bertz CT molecular complexity index is 415. The van der Waals surface area contributed by atoms with Crippen LogP contribution >= 0.6 is 0 Å². The average molecular weight is 262 g/mol. The van der Waals surface area contributed by atoms with Crippen molar-refractivity contribution in [2.75, 3.05) is 13.2 Å². The first-order valence-electron chi connectivity index (χ1n) is 7.10. The van der Waals surface area contributed by atoms with Crippen molar-refractivity contribution in [3.8, 4) is 0 Å². The van der Waals surface area contributed by atoms with E-state index in [9.17, 15) is 4.79 Å². The molecule has 1 aliphatic carbocycles. The van der Waals surface area contributed by atoms with E-state index in [0.717, 1.165) is 31.4 Å². The first-order chi connectivity index (χ1) is 9.25. The Balaban J connectivity index is 2.11. The lowest BCUT2D eigenvalue weighted by Crippen LogP contribution is -2.28. The fraction of sp³-hybridized carbons (Fsp3) is 0.562. The molecule has 1 saturated carbocycles. The molecule has 0 N–H and O–H groups in total. The molecule has 0 unspecified atom stereocenters. The molecule has 1 aromatic rings. The summed E-state index contributed by atoms with van der Waals surface area (Å²) in [7, 11) is 0. The lowest BCUT2D eigenvalue weighted by molar-refractivity contribution is -0.147. The van der Waals surface area contributed by atoms with Crippen molar-refractivity contribution < 1.29 is 14.3 Å². The lowest BCUT2D eigenvalue weighted by atomic mass is 9.95. The van der Waals surface area contributed by atoms with Crippen LogP contribution in [-0.2, 0) is 19.7 Å². The summed E-state index contributed by atoms with van der Waals surface area (Å²) in [6.45, 7) is 5.10. The number of carbonyl (C=O) groups excluding carboxylic acids is 1. The molecule has 2 atom stereocenters. The first-order valence-corrected chi connectivity index (χ1v) is 7.10. The third-order valence-corrected chi connectivity index (χ3v) is 3.64. The fourth-order valence-corrected chi connectivity index (χ4v) is 2.44. The highest BCUT2D eigenvalue weighted by atomic mass is 16.5. The predicted octanol–water partition coefficient (Wildman–Crippen LogP) is 3.08. The number of benzene rings is 1. The van der Waals surface area contributed by atoms with Crippen LogP contribution in [-0.4, -0.2) is 25.3 Å². The topological polar surface area (TPSA) is 35.5 Å². The first kappa shape index (κ1) is 14.1. The fourth-order valence-electron chi connectivity index (χ4n) is 2.44. The monoisotopic (exact) mass is 262 g/mol. The van der Waals surface area contributed by atoms with Crippen LogP contribution < -0.4 is 0 Å². The minimum absolute atomic E-state index is 0.0273. The summed E-state index contributed by atoms with van der Waals surface area (Å²) >= 11 is 0. The van der Waals surface area contributed by atoms with E-state index in [1.54, 1.807) is 0 Å². The second-order valence-corrected chi connectivity index (χ2v) is 4.97. The van der Waals surface area contributed by atoms with Gasteiger partial charge in [0.2, 0.25) is 0 Å². The second kappa shape index (κ2) is 6.20. The maximum Gasteiger partial charge on any atom is 0.319 e. The standard InChI is InChI=1S/C16H22O3/c1-3-5-11-19-14-12-16(14,15(17)18-4-2)13-9-7-6-8-10-13/h6-10,14H,3-5,11-12H2,1-2H3/t14-,16+/m1/s1. The molecule has 3 nitrogen and oxygen atoms in total. The Morgan fingerprint density at radius 2 is 2.05 bits per heavy atom. The zero-order chi connectivity index (χ0) is 13.7. The zero-order valence-corrected chi connectivity index (χ0v) is 11.7. The molecular weight excluding hydrogens is 240 g/mol. The summed E-state index contributed by atoms with van der Waals surface area (Å²) < 4.78 is 11.1. The lowest BCUT2D eigenvalue weighted by Gasteiger charge is -2.16. The summed E-state index contributed by atoms with van der Waals surface area (Å²) in [6, 6.07) is 9.84. The van der Waals surface area contributed by atoms with E-state index in [1.807, 2.05) is 37.3 Å². The molecule has 2 rings (SSSR count). The summed E-state index contributed by atoms with van der Waals surface area (Å²) in [6.07, 6.45) is 2.84. The number of hydrogen-bond acceptors (Lipinski definition) is 3. The van der Waals surface area contributed by atoms with Gasteiger partial charge in [0.15, 0.2) is 0 Å². The van der Waals surface area contributed by atoms with Gasteiger partial charge in [0.1, 0.15) is 5.41 Å². The van der Waals surface area contributed by atoms with Crippen molar-refractivity contribution in [2.45, 2.75) is 44.6 Å².